The molecule has 17 heteroatoms. The van der Waals surface area contributed by atoms with E-state index in [0.29, 0.717) is 49.9 Å². The number of amides is 5. The first kappa shape index (κ1) is 55.0. The summed E-state index contributed by atoms with van der Waals surface area (Å²) in [5, 5.41) is 24.8. The number of benzene rings is 3. The zero-order valence-corrected chi connectivity index (χ0v) is 45.7. The number of carbonyl (C=O) groups is 5. The topological polar surface area (TPSA) is 207 Å². The molecule has 1 saturated heterocycles. The lowest BCUT2D eigenvalue weighted by atomic mass is 9.48. The van der Waals surface area contributed by atoms with Gasteiger partial charge in [-0.3, -0.25) is 24.0 Å². The number of aliphatic hydroxyl groups excluding tert-OH is 1. The summed E-state index contributed by atoms with van der Waals surface area (Å²) < 4.78 is 23.2. The van der Waals surface area contributed by atoms with Crippen molar-refractivity contribution in [1.29, 1.82) is 0 Å². The number of rotatable bonds is 20. The van der Waals surface area contributed by atoms with Crippen molar-refractivity contribution >= 4 is 57.3 Å². The largest absolute Gasteiger partial charge is 0.491 e. The zero-order chi connectivity index (χ0) is 53.8. The highest BCUT2D eigenvalue weighted by Gasteiger charge is 2.61. The molecule has 0 bridgehead atoms. The predicted octanol–water partition coefficient (Wildman–Crippen LogP) is 7.36. The third-order valence-corrected chi connectivity index (χ3v) is 18.3. The van der Waals surface area contributed by atoms with Crippen LogP contribution in [0.5, 0.6) is 5.75 Å². The van der Waals surface area contributed by atoms with Crippen LogP contribution in [0, 0.1) is 46.8 Å². The number of aliphatic hydroxyl groups is 1. The van der Waals surface area contributed by atoms with Crippen LogP contribution < -0.4 is 26.0 Å². The molecule has 4 fully saturated rings. The molecule has 408 valence electrons. The third kappa shape index (κ3) is 11.9. The van der Waals surface area contributed by atoms with Crippen molar-refractivity contribution in [2.45, 2.75) is 117 Å². The van der Waals surface area contributed by atoms with Crippen LogP contribution in [0.25, 0.3) is 21.2 Å². The van der Waals surface area contributed by atoms with Gasteiger partial charge >= 0.3 is 0 Å². The Kier molecular flexibility index (Phi) is 17.0. The molecule has 0 spiro atoms. The molecule has 1 aromatic heterocycles. The van der Waals surface area contributed by atoms with Crippen LogP contribution >= 0.6 is 11.3 Å². The van der Waals surface area contributed by atoms with E-state index in [1.165, 1.54) is 4.90 Å². The van der Waals surface area contributed by atoms with Crippen LogP contribution in [-0.2, 0) is 44.7 Å². The quantitative estimate of drug-likeness (QED) is 0.0553. The maximum atomic E-state index is 14.2. The van der Waals surface area contributed by atoms with Gasteiger partial charge in [-0.15, -0.1) is 11.3 Å². The highest BCUT2D eigenvalue weighted by Crippen LogP contribution is 2.65. The summed E-state index contributed by atoms with van der Waals surface area (Å²) in [6, 6.07) is 18.0. The van der Waals surface area contributed by atoms with Gasteiger partial charge in [0.1, 0.15) is 31.0 Å². The zero-order valence-electron chi connectivity index (χ0n) is 44.9. The fourth-order valence-electron chi connectivity index (χ4n) is 13.3. The third-order valence-electron chi connectivity index (χ3n) is 17.3. The van der Waals surface area contributed by atoms with Crippen molar-refractivity contribution < 1.29 is 48.0 Å². The predicted molar refractivity (Wildman–Crippen MR) is 291 cm³/mol. The van der Waals surface area contributed by atoms with Crippen molar-refractivity contribution in [3.8, 4) is 16.2 Å². The Morgan fingerprint density at radius 1 is 0.868 bits per heavy atom. The Bertz CT molecular complexity index is 2780. The minimum atomic E-state index is -0.974. The molecule has 5 amide bonds. The van der Waals surface area contributed by atoms with Crippen LogP contribution in [0.4, 0.5) is 5.69 Å². The second kappa shape index (κ2) is 23.5. The van der Waals surface area contributed by atoms with E-state index in [1.54, 1.807) is 17.4 Å². The molecule has 0 unspecified atom stereocenters. The van der Waals surface area contributed by atoms with E-state index < -0.39 is 35.4 Å². The molecule has 5 N–H and O–H groups in total. The van der Waals surface area contributed by atoms with Crippen LogP contribution in [0.15, 0.2) is 78.3 Å². The number of likely N-dealkylation sites (tertiary alicyclic amines) is 1. The number of hydrogen-bond acceptors (Lipinski definition) is 12. The number of fused-ring (bicyclic) bond motifs is 6. The van der Waals surface area contributed by atoms with E-state index in [-0.39, 0.29) is 79.8 Å². The first-order chi connectivity index (χ1) is 36.4. The number of nitrogens with zero attached hydrogens (tertiary/aromatic N) is 2. The molecule has 76 heavy (non-hydrogen) atoms. The molecular weight excluding hydrogens is 985 g/mol. The molecule has 3 aromatic carbocycles. The van der Waals surface area contributed by atoms with E-state index in [0.717, 1.165) is 76.7 Å². The number of hydrogen-bond donors (Lipinski definition) is 5. The van der Waals surface area contributed by atoms with Crippen LogP contribution in [0.1, 0.15) is 90.8 Å². The second-order valence-corrected chi connectivity index (χ2v) is 24.0. The maximum absolute atomic E-state index is 14.2. The number of nitrogens with one attached hydrogen (secondary N) is 4. The molecule has 0 radical (unpaired) electrons. The van der Waals surface area contributed by atoms with Gasteiger partial charge in [0, 0.05) is 53.3 Å². The number of β-amino-alcohol motifs (C(OH)–C–C–N with tert-alkyl or cyclic N) is 1. The average molecular weight is 1060 g/mol. The van der Waals surface area contributed by atoms with Crippen molar-refractivity contribution in [3.63, 3.8) is 0 Å². The van der Waals surface area contributed by atoms with Gasteiger partial charge < -0.3 is 50.2 Å². The molecule has 3 saturated carbocycles. The van der Waals surface area contributed by atoms with E-state index in [9.17, 15) is 29.1 Å². The standard InChI is InChI=1S/C59H76N6O10S/c1-36-52(76-35-61-36)38-15-13-37(14-16-38)32-60-55(70)47-31-39(66)33-65(47)56(71)53(57(2,3)4)64-51(68)34-74-28-27-72-25-26-73-29-30-75-48-12-8-9-40-41(48)10-7-11-46(40)62-54(69)45-19-18-43-42-17-20-49-59(6,24-22-50(67)63-49)44(42)21-23-58(43,45)5/h7-16,22,24,35,39,42-45,47,49,53,66H,17-21,23,25-34H2,1-6H3,(H,60,70)(H,62,69)(H,63,67)(H,64,68)/t39-,42+,43+,44+,45-,47+,49-,53-,58+,59-/m1/s1. The lowest BCUT2D eigenvalue weighted by molar-refractivity contribution is -0.144. The van der Waals surface area contributed by atoms with Gasteiger partial charge in [0.25, 0.3) is 0 Å². The lowest BCUT2D eigenvalue weighted by Crippen LogP contribution is -2.59. The number of carbonyl (C=O) groups excluding carboxylic acids is 5. The summed E-state index contributed by atoms with van der Waals surface area (Å²) in [6.45, 7) is 13.7. The van der Waals surface area contributed by atoms with Gasteiger partial charge in [-0.1, -0.05) is 89.2 Å². The minimum absolute atomic E-state index is 0.0191. The Hall–Kier alpha value is -5.72. The summed E-state index contributed by atoms with van der Waals surface area (Å²) in [5.41, 5.74) is 4.68. The second-order valence-electron chi connectivity index (χ2n) is 23.1. The fourth-order valence-corrected chi connectivity index (χ4v) is 14.1. The van der Waals surface area contributed by atoms with Gasteiger partial charge in [-0.2, -0.15) is 0 Å². The fraction of sp³-hybridized carbons (Fsp3) is 0.559. The number of thiazole rings is 1. The lowest BCUT2D eigenvalue weighted by Gasteiger charge is -2.58. The van der Waals surface area contributed by atoms with Gasteiger partial charge in [0.2, 0.25) is 29.5 Å². The Balaban J connectivity index is 0.664. The molecule has 9 rings (SSSR count). The Labute approximate surface area is 450 Å². The molecule has 16 nitrogen and oxygen atoms in total. The normalized spacial score (nSPS) is 27.2. The Morgan fingerprint density at radius 2 is 1.59 bits per heavy atom. The van der Waals surface area contributed by atoms with Crippen molar-refractivity contribution in [2.24, 2.45) is 39.9 Å². The van der Waals surface area contributed by atoms with Crippen molar-refractivity contribution in [1.82, 2.24) is 25.8 Å². The summed E-state index contributed by atoms with van der Waals surface area (Å²) in [6.07, 6.45) is 9.22. The summed E-state index contributed by atoms with van der Waals surface area (Å²) >= 11 is 1.57. The monoisotopic (exact) mass is 1060 g/mol. The van der Waals surface area contributed by atoms with Gasteiger partial charge in [0.15, 0.2) is 0 Å². The highest BCUT2D eigenvalue weighted by atomic mass is 32.1. The number of anilines is 1. The highest BCUT2D eigenvalue weighted by molar-refractivity contribution is 7.13. The van der Waals surface area contributed by atoms with E-state index >= 15 is 0 Å². The number of aromatic nitrogens is 1. The van der Waals surface area contributed by atoms with Crippen LogP contribution in [-0.4, -0.2) is 122 Å². The molecule has 3 heterocycles. The van der Waals surface area contributed by atoms with E-state index in [4.69, 9.17) is 18.9 Å². The van der Waals surface area contributed by atoms with E-state index in [1.807, 2.05) is 93.9 Å². The van der Waals surface area contributed by atoms with Gasteiger partial charge in [-0.05, 0) is 103 Å². The summed E-state index contributed by atoms with van der Waals surface area (Å²) in [5.74, 6) is 0.979. The summed E-state index contributed by atoms with van der Waals surface area (Å²) in [7, 11) is 0. The molecular formula is C59H76N6O10S. The maximum Gasteiger partial charge on any atom is 0.246 e. The first-order valence-electron chi connectivity index (χ1n) is 27.2. The van der Waals surface area contributed by atoms with Gasteiger partial charge in [-0.25, -0.2) is 4.98 Å². The minimum Gasteiger partial charge on any atom is -0.491 e. The smallest absolute Gasteiger partial charge is 0.246 e. The van der Waals surface area contributed by atoms with Crippen LogP contribution in [0.2, 0.25) is 0 Å². The van der Waals surface area contributed by atoms with E-state index in [2.05, 4.69) is 46.2 Å². The molecule has 4 aromatic rings. The number of ether oxygens (including phenoxy) is 4. The SMILES string of the molecule is Cc1ncsc1-c1ccc(CNC(=O)[C@@H]2C[C@@H](O)CN2C(=O)[C@@H](NC(=O)COCCOCCOCCOc2cccc3c(NC(=O)[C@H]4CC[C@H]5[C@@H]6CC[C@H]7NC(=O)C=C[C@]7(C)[C@H]6CC[C@]45C)cccc23)C(C)(C)C)cc1. The molecule has 10 atom stereocenters. The first-order valence-corrected chi connectivity index (χ1v) is 28.1. The number of aryl methyl sites for hydroxylation is 1. The average Bonchev–Trinajstić information content (AvgIpc) is 4.22. The summed E-state index contributed by atoms with van der Waals surface area (Å²) in [4.78, 5) is 73.8. The van der Waals surface area contributed by atoms with Gasteiger partial charge in [0.05, 0.1) is 55.2 Å². The molecule has 2 aliphatic heterocycles. The molecule has 3 aliphatic carbocycles. The van der Waals surface area contributed by atoms with Crippen LogP contribution in [0.3, 0.4) is 0 Å². The van der Waals surface area contributed by atoms with Crippen molar-refractivity contribution in [3.05, 3.63) is 89.6 Å². The van der Waals surface area contributed by atoms with Crippen molar-refractivity contribution in [2.75, 3.05) is 58.1 Å². The molecule has 5 aliphatic rings. The Morgan fingerprint density at radius 3 is 2.33 bits per heavy atom.